The van der Waals surface area contributed by atoms with Crippen molar-refractivity contribution in [2.75, 3.05) is 7.11 Å². The van der Waals surface area contributed by atoms with E-state index in [1.165, 1.54) is 0 Å². The molecule has 2 aromatic carbocycles. The molecule has 0 spiro atoms. The van der Waals surface area contributed by atoms with Crippen LogP contribution >= 0.6 is 0 Å². The van der Waals surface area contributed by atoms with Crippen LogP contribution in [0.5, 0.6) is 5.75 Å². The van der Waals surface area contributed by atoms with Gasteiger partial charge in [-0.2, -0.15) is 0 Å². The fourth-order valence-corrected chi connectivity index (χ4v) is 2.97. The van der Waals surface area contributed by atoms with E-state index in [0.29, 0.717) is 22.4 Å². The number of pyridine rings is 1. The molecule has 0 radical (unpaired) electrons. The van der Waals surface area contributed by atoms with Crippen molar-refractivity contribution in [1.29, 1.82) is 0 Å². The first-order valence-corrected chi connectivity index (χ1v) is 8.60. The van der Waals surface area contributed by atoms with E-state index in [9.17, 15) is 9.59 Å². The quantitative estimate of drug-likeness (QED) is 0.536. The number of hydrazine groups is 1. The second-order valence-electron chi connectivity index (χ2n) is 6.22. The predicted molar refractivity (Wildman–Crippen MR) is 104 cm³/mol. The Balaban J connectivity index is 1.51. The lowest BCUT2D eigenvalue weighted by atomic mass is 10.1. The maximum atomic E-state index is 12.5. The van der Waals surface area contributed by atoms with E-state index in [0.717, 1.165) is 10.8 Å². The number of ether oxygens (including phenoxy) is 1. The van der Waals surface area contributed by atoms with E-state index in [4.69, 9.17) is 9.15 Å². The third kappa shape index (κ3) is 3.14. The second kappa shape index (κ2) is 7.03. The maximum absolute atomic E-state index is 12.5. The smallest absolute Gasteiger partial charge is 0.305 e. The molecular formula is C21H17N3O4. The van der Waals surface area contributed by atoms with Gasteiger partial charge in [-0.15, -0.1) is 0 Å². The first-order chi connectivity index (χ1) is 13.6. The summed E-state index contributed by atoms with van der Waals surface area (Å²) in [5.41, 5.74) is 6.86. The molecule has 0 aliphatic heterocycles. The molecule has 2 amide bonds. The van der Waals surface area contributed by atoms with Crippen molar-refractivity contribution in [3.8, 4) is 5.75 Å². The fraction of sp³-hybridized carbons (Fsp3) is 0.0952. The Morgan fingerprint density at radius 1 is 1.00 bits per heavy atom. The van der Waals surface area contributed by atoms with Crippen LogP contribution < -0.4 is 15.6 Å². The van der Waals surface area contributed by atoms with E-state index >= 15 is 0 Å². The Morgan fingerprint density at radius 3 is 2.61 bits per heavy atom. The number of para-hydroxylation sites is 1. The van der Waals surface area contributed by atoms with Gasteiger partial charge < -0.3 is 9.15 Å². The number of benzene rings is 2. The van der Waals surface area contributed by atoms with Gasteiger partial charge in [0, 0.05) is 16.3 Å². The third-order valence-corrected chi connectivity index (χ3v) is 4.47. The lowest BCUT2D eigenvalue weighted by Crippen LogP contribution is -2.42. The number of nitrogens with one attached hydrogen (secondary N) is 2. The molecule has 0 fully saturated rings. The Kier molecular flexibility index (Phi) is 4.41. The summed E-state index contributed by atoms with van der Waals surface area (Å²) in [6, 6.07) is 16.1. The SMILES string of the molecule is COc1ccc2oc(C(=O)NNC(=O)c3ccc4ccccc4n3)c(C)c2c1. The standard InChI is InChI=1S/C21H17N3O4/c1-12-15-11-14(27-2)8-10-18(15)28-19(12)21(26)24-23-20(25)17-9-7-13-5-3-4-6-16(13)22-17/h3-11H,1-2H3,(H,23,25)(H,24,26). The molecule has 2 aromatic heterocycles. The normalized spacial score (nSPS) is 10.8. The van der Waals surface area contributed by atoms with Crippen LogP contribution in [0.3, 0.4) is 0 Å². The number of methoxy groups -OCH3 is 1. The molecule has 4 rings (SSSR count). The van der Waals surface area contributed by atoms with Gasteiger partial charge in [0.2, 0.25) is 0 Å². The van der Waals surface area contributed by atoms with Crippen molar-refractivity contribution in [2.24, 2.45) is 0 Å². The van der Waals surface area contributed by atoms with Crippen LogP contribution in [0.4, 0.5) is 0 Å². The second-order valence-corrected chi connectivity index (χ2v) is 6.22. The van der Waals surface area contributed by atoms with Gasteiger partial charge in [-0.3, -0.25) is 20.4 Å². The number of aryl methyl sites for hydroxylation is 1. The van der Waals surface area contributed by atoms with Crippen molar-refractivity contribution in [2.45, 2.75) is 6.92 Å². The number of carbonyl (C=O) groups is 2. The molecule has 28 heavy (non-hydrogen) atoms. The number of rotatable bonds is 3. The first kappa shape index (κ1) is 17.5. The molecule has 0 saturated carbocycles. The van der Waals surface area contributed by atoms with Crippen molar-refractivity contribution in [3.63, 3.8) is 0 Å². The van der Waals surface area contributed by atoms with Crippen LogP contribution in [0.2, 0.25) is 0 Å². The van der Waals surface area contributed by atoms with Gasteiger partial charge in [0.1, 0.15) is 17.0 Å². The van der Waals surface area contributed by atoms with E-state index in [1.807, 2.05) is 24.3 Å². The number of amides is 2. The van der Waals surface area contributed by atoms with Crippen LogP contribution in [-0.4, -0.2) is 23.9 Å². The highest BCUT2D eigenvalue weighted by Crippen LogP contribution is 2.28. The zero-order valence-corrected chi connectivity index (χ0v) is 15.3. The minimum absolute atomic E-state index is 0.120. The molecule has 2 N–H and O–H groups in total. The predicted octanol–water partition coefficient (Wildman–Crippen LogP) is 3.37. The molecule has 0 bridgehead atoms. The maximum Gasteiger partial charge on any atom is 0.305 e. The summed E-state index contributed by atoms with van der Waals surface area (Å²) in [5.74, 6) is -0.287. The van der Waals surface area contributed by atoms with Gasteiger partial charge >= 0.3 is 5.91 Å². The molecule has 0 aliphatic rings. The Hall–Kier alpha value is -3.87. The number of hydrogen-bond acceptors (Lipinski definition) is 5. The summed E-state index contributed by atoms with van der Waals surface area (Å²) in [6.45, 7) is 1.77. The highest BCUT2D eigenvalue weighted by Gasteiger charge is 2.19. The zero-order chi connectivity index (χ0) is 19.7. The first-order valence-electron chi connectivity index (χ1n) is 8.60. The molecule has 0 unspecified atom stereocenters. The summed E-state index contributed by atoms with van der Waals surface area (Å²) in [7, 11) is 1.57. The van der Waals surface area contributed by atoms with Crippen LogP contribution in [0.15, 0.2) is 59.0 Å². The van der Waals surface area contributed by atoms with Gasteiger partial charge in [0.25, 0.3) is 5.91 Å². The van der Waals surface area contributed by atoms with Crippen LogP contribution in [0.25, 0.3) is 21.9 Å². The Morgan fingerprint density at radius 2 is 1.79 bits per heavy atom. The summed E-state index contributed by atoms with van der Waals surface area (Å²) in [5, 5.41) is 1.70. The number of hydrogen-bond donors (Lipinski definition) is 2. The van der Waals surface area contributed by atoms with E-state index in [-0.39, 0.29) is 11.5 Å². The van der Waals surface area contributed by atoms with Gasteiger partial charge in [-0.05, 0) is 37.3 Å². The number of nitrogens with zero attached hydrogens (tertiary/aromatic N) is 1. The van der Waals surface area contributed by atoms with E-state index < -0.39 is 11.8 Å². The summed E-state index contributed by atoms with van der Waals surface area (Å²) >= 11 is 0. The minimum atomic E-state index is -0.554. The minimum Gasteiger partial charge on any atom is -0.497 e. The van der Waals surface area contributed by atoms with Crippen LogP contribution in [0.1, 0.15) is 26.6 Å². The number of aromatic nitrogens is 1. The molecule has 140 valence electrons. The van der Waals surface area contributed by atoms with Gasteiger partial charge in [-0.1, -0.05) is 24.3 Å². The molecule has 0 atom stereocenters. The van der Waals surface area contributed by atoms with Gasteiger partial charge in [-0.25, -0.2) is 4.98 Å². The number of carbonyl (C=O) groups excluding carboxylic acids is 2. The molecular weight excluding hydrogens is 358 g/mol. The molecule has 0 saturated heterocycles. The third-order valence-electron chi connectivity index (χ3n) is 4.47. The van der Waals surface area contributed by atoms with Crippen molar-refractivity contribution in [1.82, 2.24) is 15.8 Å². The molecule has 4 aromatic rings. The highest BCUT2D eigenvalue weighted by molar-refractivity contribution is 6.01. The average Bonchev–Trinajstić information content (AvgIpc) is 3.07. The van der Waals surface area contributed by atoms with Crippen molar-refractivity contribution < 1.29 is 18.7 Å². The topological polar surface area (TPSA) is 93.5 Å². The monoisotopic (exact) mass is 375 g/mol. The fourth-order valence-electron chi connectivity index (χ4n) is 2.97. The summed E-state index contributed by atoms with van der Waals surface area (Å²) in [4.78, 5) is 29.1. The van der Waals surface area contributed by atoms with E-state index in [2.05, 4.69) is 15.8 Å². The van der Waals surface area contributed by atoms with Gasteiger partial charge in [0.15, 0.2) is 5.76 Å². The molecule has 2 heterocycles. The summed E-state index contributed by atoms with van der Waals surface area (Å²) in [6.07, 6.45) is 0. The lowest BCUT2D eigenvalue weighted by molar-refractivity contribution is 0.0829. The Bertz CT molecular complexity index is 1210. The van der Waals surface area contributed by atoms with Crippen LogP contribution in [-0.2, 0) is 0 Å². The van der Waals surface area contributed by atoms with Crippen LogP contribution in [0, 0.1) is 6.92 Å². The van der Waals surface area contributed by atoms with Crippen molar-refractivity contribution >= 4 is 33.7 Å². The Labute approximate surface area is 160 Å². The number of fused-ring (bicyclic) bond motifs is 2. The largest absolute Gasteiger partial charge is 0.497 e. The van der Waals surface area contributed by atoms with Crippen molar-refractivity contribution in [3.05, 3.63) is 71.6 Å². The average molecular weight is 375 g/mol. The molecule has 7 nitrogen and oxygen atoms in total. The lowest BCUT2D eigenvalue weighted by Gasteiger charge is -2.06. The van der Waals surface area contributed by atoms with E-state index in [1.54, 1.807) is 44.4 Å². The zero-order valence-electron chi connectivity index (χ0n) is 15.3. The summed E-state index contributed by atoms with van der Waals surface area (Å²) < 4.78 is 10.8. The number of furan rings is 1. The highest BCUT2D eigenvalue weighted by atomic mass is 16.5. The molecule has 7 heteroatoms. The molecule has 0 aliphatic carbocycles. The van der Waals surface area contributed by atoms with Gasteiger partial charge in [0.05, 0.1) is 12.6 Å².